The lowest BCUT2D eigenvalue weighted by atomic mass is 9.91. The Labute approximate surface area is 158 Å². The summed E-state index contributed by atoms with van der Waals surface area (Å²) in [6.45, 7) is 1.85. The second-order valence-electron chi connectivity index (χ2n) is 6.83. The van der Waals surface area contributed by atoms with Gasteiger partial charge in [-0.3, -0.25) is 9.48 Å². The van der Waals surface area contributed by atoms with Crippen LogP contribution in [0, 0.1) is 18.7 Å². The lowest BCUT2D eigenvalue weighted by molar-refractivity contribution is -0.117. The number of aromatic nitrogens is 2. The number of aryl methyl sites for hydroxylation is 2. The van der Waals surface area contributed by atoms with Crippen molar-refractivity contribution in [3.63, 3.8) is 0 Å². The van der Waals surface area contributed by atoms with Crippen molar-refractivity contribution in [3.05, 3.63) is 58.1 Å². The predicted molar refractivity (Wildman–Crippen MR) is 101 cm³/mol. The Morgan fingerprint density at radius 2 is 2.00 bits per heavy atom. The molecule has 0 saturated heterocycles. The Balaban J connectivity index is 1.76. The summed E-state index contributed by atoms with van der Waals surface area (Å²) in [5.41, 5.74) is 2.45. The normalized spacial score (nSPS) is 16.3. The molecule has 1 aromatic heterocycles. The average Bonchev–Trinajstić information content (AvgIpc) is 3.22. The maximum atomic E-state index is 13.3. The molecule has 1 atom stereocenters. The number of amides is 1. The largest absolute Gasteiger partial charge is 0.345 e. The second kappa shape index (κ2) is 8.04. The van der Waals surface area contributed by atoms with Crippen molar-refractivity contribution >= 4 is 23.6 Å². The topological polar surface area (TPSA) is 46.9 Å². The molecule has 1 fully saturated rings. The van der Waals surface area contributed by atoms with E-state index in [0.717, 1.165) is 29.7 Å². The molecule has 1 saturated carbocycles. The highest BCUT2D eigenvalue weighted by Gasteiger charge is 2.27. The fourth-order valence-corrected chi connectivity index (χ4v) is 3.87. The van der Waals surface area contributed by atoms with Crippen LogP contribution in [0.3, 0.4) is 0 Å². The SMILES string of the molecule is Cc1nn(C)c(Cl)c1/C=C/C(=O)N[C@H](c1ccc(F)cc1)C1CCCC1. The third kappa shape index (κ3) is 4.15. The Hall–Kier alpha value is -2.14. The van der Waals surface area contributed by atoms with Gasteiger partial charge in [0.05, 0.1) is 11.7 Å². The highest BCUT2D eigenvalue weighted by molar-refractivity contribution is 6.31. The van der Waals surface area contributed by atoms with Crippen LogP contribution in [0.4, 0.5) is 4.39 Å². The van der Waals surface area contributed by atoms with E-state index in [1.54, 1.807) is 29.9 Å². The van der Waals surface area contributed by atoms with Gasteiger partial charge in [-0.1, -0.05) is 36.6 Å². The Morgan fingerprint density at radius 3 is 2.58 bits per heavy atom. The van der Waals surface area contributed by atoms with Crippen LogP contribution in [0.1, 0.15) is 48.5 Å². The van der Waals surface area contributed by atoms with Gasteiger partial charge in [0.15, 0.2) is 0 Å². The van der Waals surface area contributed by atoms with Crippen molar-refractivity contribution in [2.75, 3.05) is 0 Å². The van der Waals surface area contributed by atoms with Crippen LogP contribution in [0.2, 0.25) is 5.15 Å². The molecule has 3 rings (SSSR count). The molecule has 138 valence electrons. The van der Waals surface area contributed by atoms with Crippen molar-refractivity contribution in [2.24, 2.45) is 13.0 Å². The number of nitrogens with one attached hydrogen (secondary N) is 1. The molecule has 4 nitrogen and oxygen atoms in total. The van der Waals surface area contributed by atoms with Gasteiger partial charge in [0.1, 0.15) is 11.0 Å². The number of hydrogen-bond donors (Lipinski definition) is 1. The summed E-state index contributed by atoms with van der Waals surface area (Å²) in [6.07, 6.45) is 7.65. The lowest BCUT2D eigenvalue weighted by Crippen LogP contribution is -2.31. The number of carbonyl (C=O) groups excluding carboxylic acids is 1. The van der Waals surface area contributed by atoms with Crippen LogP contribution in [-0.4, -0.2) is 15.7 Å². The third-order valence-corrected chi connectivity index (χ3v) is 5.44. The van der Waals surface area contributed by atoms with E-state index >= 15 is 0 Å². The first kappa shape index (κ1) is 18.6. The van der Waals surface area contributed by atoms with Crippen LogP contribution in [-0.2, 0) is 11.8 Å². The van der Waals surface area contributed by atoms with Gasteiger partial charge in [-0.25, -0.2) is 4.39 Å². The molecule has 26 heavy (non-hydrogen) atoms. The quantitative estimate of drug-likeness (QED) is 0.777. The summed E-state index contributed by atoms with van der Waals surface area (Å²) < 4.78 is 14.8. The Morgan fingerprint density at radius 1 is 1.35 bits per heavy atom. The molecule has 1 aromatic carbocycles. The van der Waals surface area contributed by atoms with E-state index in [-0.39, 0.29) is 17.8 Å². The first-order chi connectivity index (χ1) is 12.5. The number of nitrogens with zero attached hydrogens (tertiary/aromatic N) is 2. The number of halogens is 2. The summed E-state index contributed by atoms with van der Waals surface area (Å²) in [4.78, 5) is 12.5. The van der Waals surface area contributed by atoms with E-state index in [2.05, 4.69) is 10.4 Å². The summed E-state index contributed by atoms with van der Waals surface area (Å²) in [5.74, 6) is -0.0843. The van der Waals surface area contributed by atoms with Gasteiger partial charge in [-0.15, -0.1) is 0 Å². The standard InChI is InChI=1S/C20H23ClFN3O/c1-13-17(20(21)25(2)24-13)11-12-18(26)23-19(14-5-3-4-6-14)15-7-9-16(22)10-8-15/h7-12,14,19H,3-6H2,1-2H3,(H,23,26)/b12-11+/t19-/m0/s1. The number of hydrogen-bond acceptors (Lipinski definition) is 2. The maximum absolute atomic E-state index is 13.3. The zero-order valence-electron chi connectivity index (χ0n) is 15.0. The predicted octanol–water partition coefficient (Wildman–Crippen LogP) is 4.58. The molecule has 0 radical (unpaired) electrons. The summed E-state index contributed by atoms with van der Waals surface area (Å²) in [5, 5.41) is 7.82. The number of carbonyl (C=O) groups is 1. The van der Waals surface area contributed by atoms with Crippen LogP contribution < -0.4 is 5.32 Å². The fourth-order valence-electron chi connectivity index (χ4n) is 3.63. The number of rotatable bonds is 5. The monoisotopic (exact) mass is 375 g/mol. The molecule has 0 aliphatic heterocycles. The minimum Gasteiger partial charge on any atom is -0.345 e. The van der Waals surface area contributed by atoms with E-state index < -0.39 is 0 Å². The van der Waals surface area contributed by atoms with Gasteiger partial charge in [-0.05, 0) is 49.5 Å². The lowest BCUT2D eigenvalue weighted by Gasteiger charge is -2.24. The molecule has 1 amide bonds. The highest BCUT2D eigenvalue weighted by atomic mass is 35.5. The zero-order valence-corrected chi connectivity index (χ0v) is 15.8. The van der Waals surface area contributed by atoms with Crippen molar-refractivity contribution in [2.45, 2.75) is 38.6 Å². The minimum absolute atomic E-state index is 0.110. The van der Waals surface area contributed by atoms with E-state index in [1.165, 1.54) is 31.1 Å². The van der Waals surface area contributed by atoms with Gasteiger partial charge < -0.3 is 5.32 Å². The van der Waals surface area contributed by atoms with Crippen LogP contribution in [0.5, 0.6) is 0 Å². The minimum atomic E-state index is -0.271. The molecule has 6 heteroatoms. The van der Waals surface area contributed by atoms with Gasteiger partial charge in [-0.2, -0.15) is 5.10 Å². The highest BCUT2D eigenvalue weighted by Crippen LogP contribution is 2.35. The molecule has 1 N–H and O–H groups in total. The van der Waals surface area contributed by atoms with E-state index in [4.69, 9.17) is 11.6 Å². The molecule has 0 spiro atoms. The third-order valence-electron chi connectivity index (χ3n) is 5.00. The first-order valence-electron chi connectivity index (χ1n) is 8.89. The van der Waals surface area contributed by atoms with Gasteiger partial charge in [0.2, 0.25) is 5.91 Å². The second-order valence-corrected chi connectivity index (χ2v) is 7.19. The number of benzene rings is 1. The summed E-state index contributed by atoms with van der Waals surface area (Å²) in [6, 6.07) is 6.28. The molecule has 0 bridgehead atoms. The van der Waals surface area contributed by atoms with Crippen molar-refractivity contribution < 1.29 is 9.18 Å². The maximum Gasteiger partial charge on any atom is 0.244 e. The molecule has 1 aliphatic rings. The average molecular weight is 376 g/mol. The van der Waals surface area contributed by atoms with Crippen molar-refractivity contribution in [1.29, 1.82) is 0 Å². The molecule has 2 aromatic rings. The molecule has 0 unspecified atom stereocenters. The molecule has 1 heterocycles. The van der Waals surface area contributed by atoms with Crippen LogP contribution in [0.15, 0.2) is 30.3 Å². The molecule has 1 aliphatic carbocycles. The molecular weight excluding hydrogens is 353 g/mol. The smallest absolute Gasteiger partial charge is 0.244 e. The van der Waals surface area contributed by atoms with Gasteiger partial charge in [0, 0.05) is 18.7 Å². The summed E-state index contributed by atoms with van der Waals surface area (Å²) >= 11 is 6.20. The first-order valence-corrected chi connectivity index (χ1v) is 9.26. The van der Waals surface area contributed by atoms with Crippen molar-refractivity contribution in [3.8, 4) is 0 Å². The van der Waals surface area contributed by atoms with E-state index in [0.29, 0.717) is 11.1 Å². The van der Waals surface area contributed by atoms with Crippen LogP contribution in [0.25, 0.3) is 6.08 Å². The van der Waals surface area contributed by atoms with Gasteiger partial charge in [0.25, 0.3) is 0 Å². The Kier molecular flexibility index (Phi) is 5.77. The van der Waals surface area contributed by atoms with E-state index in [9.17, 15) is 9.18 Å². The van der Waals surface area contributed by atoms with Crippen molar-refractivity contribution in [1.82, 2.24) is 15.1 Å². The van der Waals surface area contributed by atoms with E-state index in [1.807, 2.05) is 6.92 Å². The Bertz CT molecular complexity index is 807. The van der Waals surface area contributed by atoms with Crippen LogP contribution >= 0.6 is 11.6 Å². The van der Waals surface area contributed by atoms with Gasteiger partial charge >= 0.3 is 0 Å². The zero-order chi connectivity index (χ0) is 18.7. The summed E-state index contributed by atoms with van der Waals surface area (Å²) in [7, 11) is 1.76. The fraction of sp³-hybridized carbons (Fsp3) is 0.400. The molecular formula is C20H23ClFN3O.